The zero-order valence-electron chi connectivity index (χ0n) is 10.7. The van der Waals surface area contributed by atoms with Gasteiger partial charge >= 0.3 is 0 Å². The molecule has 18 heavy (non-hydrogen) atoms. The summed E-state index contributed by atoms with van der Waals surface area (Å²) in [6, 6.07) is 7.47. The molecule has 94 valence electrons. The Hall–Kier alpha value is -1.41. The first kappa shape index (κ1) is 13.0. The molecule has 2 rings (SSSR count). The SMILES string of the molecule is C=CC(C)Cc1cc(-c2ccc(F)c(C)c2)cs1. The van der Waals surface area contributed by atoms with Crippen LogP contribution >= 0.6 is 11.3 Å². The minimum Gasteiger partial charge on any atom is -0.207 e. The molecule has 0 saturated carbocycles. The topological polar surface area (TPSA) is 0 Å². The Morgan fingerprint density at radius 2 is 2.11 bits per heavy atom. The molecule has 1 aromatic heterocycles. The van der Waals surface area contributed by atoms with E-state index in [1.165, 1.54) is 16.5 Å². The van der Waals surface area contributed by atoms with Crippen molar-refractivity contribution < 1.29 is 4.39 Å². The summed E-state index contributed by atoms with van der Waals surface area (Å²) in [6.07, 6.45) is 3.00. The molecule has 1 aromatic carbocycles. The van der Waals surface area contributed by atoms with Crippen LogP contribution in [0.4, 0.5) is 4.39 Å². The van der Waals surface area contributed by atoms with Crippen molar-refractivity contribution in [3.05, 3.63) is 58.6 Å². The molecule has 0 saturated heterocycles. The van der Waals surface area contributed by atoms with Gasteiger partial charge in [0.2, 0.25) is 0 Å². The number of aryl methyl sites for hydroxylation is 1. The third-order valence-electron chi connectivity index (χ3n) is 3.07. The molecule has 0 aliphatic carbocycles. The van der Waals surface area contributed by atoms with Gasteiger partial charge in [-0.1, -0.05) is 19.1 Å². The van der Waals surface area contributed by atoms with Crippen LogP contribution in [0.2, 0.25) is 0 Å². The Morgan fingerprint density at radius 3 is 2.78 bits per heavy atom. The summed E-state index contributed by atoms with van der Waals surface area (Å²) in [5.41, 5.74) is 2.96. The van der Waals surface area contributed by atoms with E-state index in [-0.39, 0.29) is 5.82 Å². The molecule has 2 aromatic rings. The van der Waals surface area contributed by atoms with Gasteiger partial charge in [0.15, 0.2) is 0 Å². The molecule has 1 unspecified atom stereocenters. The average Bonchev–Trinajstić information content (AvgIpc) is 2.81. The molecule has 2 heteroatoms. The van der Waals surface area contributed by atoms with Crippen LogP contribution in [0.1, 0.15) is 17.4 Å². The summed E-state index contributed by atoms with van der Waals surface area (Å²) in [4.78, 5) is 1.35. The summed E-state index contributed by atoms with van der Waals surface area (Å²) in [5.74, 6) is 0.348. The lowest BCUT2D eigenvalue weighted by Crippen LogP contribution is -1.91. The summed E-state index contributed by atoms with van der Waals surface area (Å²) in [5, 5.41) is 2.14. The van der Waals surface area contributed by atoms with E-state index >= 15 is 0 Å². The average molecular weight is 260 g/mol. The van der Waals surface area contributed by atoms with E-state index in [0.29, 0.717) is 11.5 Å². The van der Waals surface area contributed by atoms with Crippen molar-refractivity contribution in [1.29, 1.82) is 0 Å². The Morgan fingerprint density at radius 1 is 1.33 bits per heavy atom. The van der Waals surface area contributed by atoms with Crippen LogP contribution in [0.3, 0.4) is 0 Å². The second kappa shape index (κ2) is 5.49. The second-order valence-corrected chi connectivity index (χ2v) is 5.68. The lowest BCUT2D eigenvalue weighted by Gasteiger charge is -2.02. The predicted octanol–water partition coefficient (Wildman–Crippen LogP) is 5.23. The maximum Gasteiger partial charge on any atom is 0.126 e. The highest BCUT2D eigenvalue weighted by Gasteiger charge is 2.06. The molecular weight excluding hydrogens is 243 g/mol. The van der Waals surface area contributed by atoms with Crippen LogP contribution in [0, 0.1) is 18.7 Å². The van der Waals surface area contributed by atoms with E-state index in [4.69, 9.17) is 0 Å². The van der Waals surface area contributed by atoms with Gasteiger partial charge < -0.3 is 0 Å². The first-order chi connectivity index (χ1) is 8.60. The largest absolute Gasteiger partial charge is 0.207 e. The molecule has 1 heterocycles. The second-order valence-electron chi connectivity index (χ2n) is 4.68. The van der Waals surface area contributed by atoms with Crippen LogP contribution < -0.4 is 0 Å². The normalized spacial score (nSPS) is 12.4. The Bertz CT molecular complexity index is 554. The first-order valence-corrected chi connectivity index (χ1v) is 6.94. The number of hydrogen-bond acceptors (Lipinski definition) is 1. The van der Waals surface area contributed by atoms with Gasteiger partial charge in [-0.3, -0.25) is 0 Å². The number of benzene rings is 1. The third kappa shape index (κ3) is 2.88. The smallest absolute Gasteiger partial charge is 0.126 e. The van der Waals surface area contributed by atoms with E-state index in [2.05, 4.69) is 24.9 Å². The van der Waals surface area contributed by atoms with Crippen LogP contribution in [0.25, 0.3) is 11.1 Å². The van der Waals surface area contributed by atoms with Crippen molar-refractivity contribution in [2.24, 2.45) is 5.92 Å². The highest BCUT2D eigenvalue weighted by atomic mass is 32.1. The molecule has 0 fully saturated rings. The molecule has 0 radical (unpaired) electrons. The fraction of sp³-hybridized carbons (Fsp3) is 0.250. The van der Waals surface area contributed by atoms with E-state index in [1.807, 2.05) is 18.2 Å². The number of hydrogen-bond donors (Lipinski definition) is 0. The zero-order chi connectivity index (χ0) is 13.1. The number of halogens is 1. The van der Waals surface area contributed by atoms with Gasteiger partial charge in [0.25, 0.3) is 0 Å². The lowest BCUT2D eigenvalue weighted by molar-refractivity contribution is 0.619. The van der Waals surface area contributed by atoms with Gasteiger partial charge in [-0.15, -0.1) is 17.9 Å². The highest BCUT2D eigenvalue weighted by Crippen LogP contribution is 2.28. The summed E-state index contributed by atoms with van der Waals surface area (Å²) in [7, 11) is 0. The van der Waals surface area contributed by atoms with Gasteiger partial charge in [0.05, 0.1) is 0 Å². The number of thiophene rings is 1. The maximum atomic E-state index is 13.2. The molecule has 0 aliphatic rings. The molecule has 0 bridgehead atoms. The van der Waals surface area contributed by atoms with Gasteiger partial charge in [-0.05, 0) is 59.5 Å². The molecule has 1 atom stereocenters. The minimum atomic E-state index is -0.144. The summed E-state index contributed by atoms with van der Waals surface area (Å²) in [6.45, 7) is 7.76. The standard InChI is InChI=1S/C16H17FS/c1-4-11(2)7-15-9-14(10-18-15)13-5-6-16(17)12(3)8-13/h4-6,8-11H,1,7H2,2-3H3. The molecule has 0 amide bonds. The van der Waals surface area contributed by atoms with E-state index in [9.17, 15) is 4.39 Å². The van der Waals surface area contributed by atoms with Gasteiger partial charge in [0.1, 0.15) is 5.82 Å². The quantitative estimate of drug-likeness (QED) is 0.660. The van der Waals surface area contributed by atoms with Crippen molar-refractivity contribution in [2.45, 2.75) is 20.3 Å². The van der Waals surface area contributed by atoms with Crippen LogP contribution in [0.15, 0.2) is 42.3 Å². The van der Waals surface area contributed by atoms with Crippen LogP contribution in [0.5, 0.6) is 0 Å². The molecule has 0 aliphatic heterocycles. The maximum absolute atomic E-state index is 13.2. The summed E-state index contributed by atoms with van der Waals surface area (Å²) >= 11 is 1.76. The van der Waals surface area contributed by atoms with E-state index < -0.39 is 0 Å². The molecular formula is C16H17FS. The van der Waals surface area contributed by atoms with Gasteiger partial charge in [-0.2, -0.15) is 0 Å². The predicted molar refractivity (Wildman–Crippen MR) is 77.5 cm³/mol. The van der Waals surface area contributed by atoms with Crippen molar-refractivity contribution in [1.82, 2.24) is 0 Å². The van der Waals surface area contributed by atoms with Crippen molar-refractivity contribution in [3.63, 3.8) is 0 Å². The fourth-order valence-electron chi connectivity index (χ4n) is 1.86. The van der Waals surface area contributed by atoms with Crippen molar-refractivity contribution >= 4 is 11.3 Å². The van der Waals surface area contributed by atoms with Gasteiger partial charge in [0, 0.05) is 4.88 Å². The molecule has 0 nitrogen and oxygen atoms in total. The summed E-state index contributed by atoms with van der Waals surface area (Å²) < 4.78 is 13.2. The third-order valence-corrected chi connectivity index (χ3v) is 4.03. The van der Waals surface area contributed by atoms with Crippen LogP contribution in [-0.2, 0) is 6.42 Å². The van der Waals surface area contributed by atoms with Crippen LogP contribution in [-0.4, -0.2) is 0 Å². The van der Waals surface area contributed by atoms with E-state index in [1.54, 1.807) is 18.3 Å². The number of rotatable bonds is 4. The zero-order valence-corrected chi connectivity index (χ0v) is 11.6. The minimum absolute atomic E-state index is 0.144. The molecule has 0 spiro atoms. The first-order valence-electron chi connectivity index (χ1n) is 6.06. The monoisotopic (exact) mass is 260 g/mol. The van der Waals surface area contributed by atoms with Gasteiger partial charge in [-0.25, -0.2) is 4.39 Å². The Kier molecular flexibility index (Phi) is 3.97. The lowest BCUT2D eigenvalue weighted by atomic mass is 10.0. The number of allylic oxidation sites excluding steroid dienone is 1. The van der Waals surface area contributed by atoms with Crippen molar-refractivity contribution in [2.75, 3.05) is 0 Å². The Labute approximate surface area is 112 Å². The fourth-order valence-corrected chi connectivity index (χ4v) is 2.90. The highest BCUT2D eigenvalue weighted by molar-refractivity contribution is 7.10. The molecule has 0 N–H and O–H groups in total. The van der Waals surface area contributed by atoms with E-state index in [0.717, 1.165) is 12.0 Å². The van der Waals surface area contributed by atoms with Crippen molar-refractivity contribution in [3.8, 4) is 11.1 Å². The Balaban J connectivity index is 2.23.